The summed E-state index contributed by atoms with van der Waals surface area (Å²) < 4.78 is 9.49. The van der Waals surface area contributed by atoms with Gasteiger partial charge < -0.3 is 14.2 Å². The first-order chi connectivity index (χ1) is 10.1. The molecule has 5 nitrogen and oxygen atoms in total. The number of azo groups is 2. The van der Waals surface area contributed by atoms with Crippen LogP contribution in [-0.4, -0.2) is 55.7 Å². The Morgan fingerprint density at radius 1 is 1.10 bits per heavy atom. The fraction of sp³-hybridized carbons (Fsp3) is 0.385. The van der Waals surface area contributed by atoms with E-state index >= 15 is 0 Å². The van der Waals surface area contributed by atoms with E-state index in [1.165, 1.54) is 17.0 Å². The summed E-state index contributed by atoms with van der Waals surface area (Å²) in [4.78, 5) is 0. The van der Waals surface area contributed by atoms with Crippen molar-refractivity contribution in [3.8, 4) is 0 Å². The molecule has 0 bridgehead atoms. The Labute approximate surface area is 127 Å². The van der Waals surface area contributed by atoms with Gasteiger partial charge >= 0.3 is 14.0 Å². The summed E-state index contributed by atoms with van der Waals surface area (Å²) in [5.74, 6) is 0. The average Bonchev–Trinajstić information content (AvgIpc) is 2.99. The highest BCUT2D eigenvalue weighted by molar-refractivity contribution is 6.95. The lowest BCUT2D eigenvalue weighted by Crippen LogP contribution is -2.76. The zero-order valence-electron chi connectivity index (χ0n) is 13.1. The first-order valence-corrected chi connectivity index (χ1v) is 7.60. The first kappa shape index (κ1) is 13.2. The summed E-state index contributed by atoms with van der Waals surface area (Å²) in [5, 5.41) is 4.67. The second-order valence-corrected chi connectivity index (χ2v) is 6.13. The van der Waals surface area contributed by atoms with Gasteiger partial charge in [0.25, 0.3) is 12.7 Å². The third-order valence-electron chi connectivity index (χ3n) is 5.24. The number of benzene rings is 1. The van der Waals surface area contributed by atoms with Gasteiger partial charge in [-0.3, -0.25) is 0 Å². The number of fused-ring (bicyclic) bond motifs is 6. The van der Waals surface area contributed by atoms with E-state index in [1.807, 2.05) is 0 Å². The molecule has 0 unspecified atom stereocenters. The van der Waals surface area contributed by atoms with E-state index in [1.54, 1.807) is 0 Å². The van der Waals surface area contributed by atoms with Crippen molar-refractivity contribution in [2.45, 2.75) is 13.6 Å². The van der Waals surface area contributed by atoms with Gasteiger partial charge in [0, 0.05) is 12.1 Å². The smallest absolute Gasteiger partial charge is 0.420 e. The number of nitrogens with zero attached hydrogens (tertiary/aromatic N) is 5. The summed E-state index contributed by atoms with van der Waals surface area (Å²) in [7, 11) is 4.40. The summed E-state index contributed by atoms with van der Waals surface area (Å²) in [5.41, 5.74) is 3.76. The van der Waals surface area contributed by atoms with Gasteiger partial charge in [0.15, 0.2) is 0 Å². The molecule has 0 atom stereocenters. The number of rotatable bonds is 0. The molecule has 3 heterocycles. The molecule has 0 N–H and O–H groups in total. The number of anilines is 1. The molecule has 1 aromatic rings. The zero-order valence-corrected chi connectivity index (χ0v) is 13.1. The predicted octanol–water partition coefficient (Wildman–Crippen LogP) is 1.64. The van der Waals surface area contributed by atoms with Crippen LogP contribution in [0.25, 0.3) is 0 Å². The second-order valence-electron chi connectivity index (χ2n) is 6.13. The maximum atomic E-state index is 4.67. The van der Waals surface area contributed by atoms with Crippen LogP contribution in [0.4, 0.5) is 11.4 Å². The van der Waals surface area contributed by atoms with Crippen molar-refractivity contribution in [3.05, 3.63) is 35.9 Å². The normalized spacial score (nSPS) is 21.9. The van der Waals surface area contributed by atoms with Gasteiger partial charge in [0.1, 0.15) is 6.54 Å². The molecule has 1 saturated heterocycles. The monoisotopic (exact) mass is 278 g/mol. The molecule has 3 aliphatic heterocycles. The first-order valence-electron chi connectivity index (χ1n) is 7.60. The lowest BCUT2D eigenvalue weighted by molar-refractivity contribution is -0.445. The summed E-state index contributed by atoms with van der Waals surface area (Å²) in [6.07, 6.45) is 2.26. The van der Waals surface area contributed by atoms with Gasteiger partial charge in [-0.1, -0.05) is 30.5 Å². The van der Waals surface area contributed by atoms with Crippen LogP contribution in [0.5, 0.6) is 0 Å². The minimum absolute atomic E-state index is 0.257. The van der Waals surface area contributed by atoms with E-state index in [0.29, 0.717) is 14.0 Å². The van der Waals surface area contributed by atoms with Gasteiger partial charge in [0.2, 0.25) is 5.60 Å². The lowest BCUT2D eigenvalue weighted by Gasteiger charge is -2.51. The lowest BCUT2D eigenvalue weighted by atomic mass is 9.42. The van der Waals surface area contributed by atoms with Gasteiger partial charge in [-0.15, -0.1) is 0 Å². The molecule has 0 radical (unpaired) electrons. The van der Waals surface area contributed by atoms with Crippen molar-refractivity contribution < 1.29 is 4.70 Å². The molecule has 1 aromatic carbocycles. The van der Waals surface area contributed by atoms with Crippen LogP contribution in [0, 0.1) is 0 Å². The highest BCUT2D eigenvalue weighted by atomic mass is 15.4. The predicted molar refractivity (Wildman–Crippen MR) is 88.7 cm³/mol. The van der Waals surface area contributed by atoms with E-state index in [0.717, 1.165) is 6.54 Å². The third kappa shape index (κ3) is 1.63. The Balaban J connectivity index is 1.94. The van der Waals surface area contributed by atoms with E-state index in [4.69, 9.17) is 0 Å². The van der Waals surface area contributed by atoms with Crippen molar-refractivity contribution in [2.24, 2.45) is 5.11 Å². The Bertz CT molecular complexity index is 661. The zero-order chi connectivity index (χ0) is 14.7. The van der Waals surface area contributed by atoms with E-state index in [-0.39, 0.29) is 6.98 Å². The molecule has 3 aliphatic rings. The van der Waals surface area contributed by atoms with Crippen LogP contribution in [0.3, 0.4) is 0 Å². The van der Waals surface area contributed by atoms with Crippen LogP contribution in [0.15, 0.2) is 41.1 Å². The molecule has 0 aromatic heterocycles. The minimum atomic E-state index is 0.257. The molecule has 0 aliphatic carbocycles. The van der Waals surface area contributed by atoms with Gasteiger partial charge in [-0.2, -0.15) is 0 Å². The maximum Gasteiger partial charge on any atom is 0.438 e. The van der Waals surface area contributed by atoms with Crippen LogP contribution in [0.2, 0.25) is 13.6 Å². The van der Waals surface area contributed by atoms with E-state index < -0.39 is 0 Å². The molecular formula is C13H19B3N5+. The average molecular weight is 278 g/mol. The molecule has 104 valence electrons. The maximum absolute atomic E-state index is 4.67. The molecule has 1 fully saturated rings. The van der Waals surface area contributed by atoms with Crippen LogP contribution in [0.1, 0.15) is 0 Å². The van der Waals surface area contributed by atoms with Crippen molar-refractivity contribution in [1.82, 2.24) is 9.44 Å². The summed E-state index contributed by atoms with van der Waals surface area (Å²) >= 11 is 0. The van der Waals surface area contributed by atoms with Gasteiger partial charge in [-0.25, -0.2) is 0 Å². The minimum Gasteiger partial charge on any atom is -0.420 e. The van der Waals surface area contributed by atoms with Crippen molar-refractivity contribution >= 4 is 32.3 Å². The largest absolute Gasteiger partial charge is 0.438 e. The summed E-state index contributed by atoms with van der Waals surface area (Å²) in [6, 6.07) is 8.58. The number of para-hydroxylation sites is 2. The Hall–Kier alpha value is -1.53. The van der Waals surface area contributed by atoms with Crippen LogP contribution >= 0.6 is 0 Å². The van der Waals surface area contributed by atoms with Gasteiger partial charge in [0.05, 0.1) is 5.69 Å². The van der Waals surface area contributed by atoms with Crippen molar-refractivity contribution in [1.29, 1.82) is 0 Å². The fourth-order valence-corrected chi connectivity index (χ4v) is 3.76. The quantitative estimate of drug-likeness (QED) is 0.532. The highest BCUT2D eigenvalue weighted by Gasteiger charge is 2.57. The summed E-state index contributed by atoms with van der Waals surface area (Å²) in [6.45, 7) is 6.34. The second kappa shape index (κ2) is 4.48. The topological polar surface area (TPSA) is 25.1 Å². The molecule has 0 amide bonds. The van der Waals surface area contributed by atoms with Crippen molar-refractivity contribution in [3.63, 3.8) is 0 Å². The molecule has 0 spiro atoms. The van der Waals surface area contributed by atoms with Crippen LogP contribution in [-0.2, 0) is 0 Å². The molecular weight excluding hydrogens is 259 g/mol. The van der Waals surface area contributed by atoms with E-state index in [2.05, 4.69) is 82.1 Å². The molecule has 0 saturated carbocycles. The Morgan fingerprint density at radius 2 is 1.86 bits per heavy atom. The highest BCUT2D eigenvalue weighted by Crippen LogP contribution is 2.42. The SMILES string of the molecule is CB1N(C)B(C)N2B(C3=CCN=[N+]3c3ccccc32)N1C. The third-order valence-corrected chi connectivity index (χ3v) is 5.24. The number of hydrogen-bond donors (Lipinski definition) is 0. The Kier molecular flexibility index (Phi) is 2.81. The fourth-order valence-electron chi connectivity index (χ4n) is 3.76. The van der Waals surface area contributed by atoms with Crippen LogP contribution < -0.4 is 4.72 Å². The molecule has 8 heteroatoms. The van der Waals surface area contributed by atoms with Gasteiger partial charge in [-0.05, 0) is 25.3 Å². The standard InChI is InChI=1S/C13H19B3N5/c1-14-18(3)15(2)21-12-8-6-5-7-11(12)20-13(9-10-17-20)16(21)19(14)4/h5-9H,10H2,1-4H3/q+1. The Morgan fingerprint density at radius 3 is 2.67 bits per heavy atom. The number of hydrogen-bond acceptors (Lipinski definition) is 4. The van der Waals surface area contributed by atoms with Crippen molar-refractivity contribution in [2.75, 3.05) is 25.4 Å². The molecule has 21 heavy (non-hydrogen) atoms. The van der Waals surface area contributed by atoms with E-state index in [9.17, 15) is 0 Å². The molecule has 4 rings (SSSR count).